The van der Waals surface area contributed by atoms with Gasteiger partial charge in [0.1, 0.15) is 6.21 Å². The van der Waals surface area contributed by atoms with Gasteiger partial charge in [-0.1, -0.05) is 30.3 Å². The Morgan fingerprint density at radius 2 is 1.74 bits per heavy atom. The number of rotatable bonds is 7. The van der Waals surface area contributed by atoms with E-state index in [2.05, 4.69) is 5.10 Å². The molecule has 0 saturated carbocycles. The molecular formula is C20H21N3O3S. The highest BCUT2D eigenvalue weighted by Gasteiger charge is 2.14. The number of para-hydroxylation sites is 2. The molecule has 0 bridgehead atoms. The Morgan fingerprint density at radius 3 is 2.48 bits per heavy atom. The monoisotopic (exact) mass is 383 g/mol. The van der Waals surface area contributed by atoms with E-state index in [4.69, 9.17) is 0 Å². The maximum atomic E-state index is 10.9. The summed E-state index contributed by atoms with van der Waals surface area (Å²) in [6.07, 6.45) is 1.99. The van der Waals surface area contributed by atoms with Crippen LogP contribution in [0.15, 0.2) is 71.8 Å². The molecule has 0 aliphatic carbocycles. The van der Waals surface area contributed by atoms with Gasteiger partial charge in [-0.05, 0) is 24.3 Å². The van der Waals surface area contributed by atoms with Crippen molar-refractivity contribution in [1.82, 2.24) is 0 Å². The summed E-state index contributed by atoms with van der Waals surface area (Å²) in [7, 11) is -2.37. The van der Waals surface area contributed by atoms with Gasteiger partial charge in [0.25, 0.3) is 0 Å². The molecule has 1 heterocycles. The number of anilines is 1. The molecule has 2 aromatic carbocycles. The van der Waals surface area contributed by atoms with Crippen LogP contribution in [0.4, 0.5) is 5.69 Å². The van der Waals surface area contributed by atoms with Gasteiger partial charge in [0.05, 0.1) is 15.8 Å². The number of aromatic nitrogens is 1. The summed E-state index contributed by atoms with van der Waals surface area (Å²) in [5, 5.41) is 7.30. The van der Waals surface area contributed by atoms with Crippen LogP contribution in [0, 0.1) is 0 Å². The third-order valence-corrected chi connectivity index (χ3v) is 5.03. The molecule has 1 aromatic heterocycles. The van der Waals surface area contributed by atoms with Gasteiger partial charge in [-0.2, -0.15) is 9.67 Å². The van der Waals surface area contributed by atoms with Gasteiger partial charge in [-0.15, -0.1) is 0 Å². The zero-order valence-corrected chi connectivity index (χ0v) is 15.8. The van der Waals surface area contributed by atoms with Gasteiger partial charge < -0.3 is 4.55 Å². The lowest BCUT2D eigenvalue weighted by molar-refractivity contribution is -0.672. The minimum atomic E-state index is -4.23. The lowest BCUT2D eigenvalue weighted by atomic mass is 10.2. The smallest absolute Gasteiger partial charge is 0.225 e. The number of nitrogens with zero attached hydrogens (tertiary/aromatic N) is 3. The topological polar surface area (TPSA) is 76.7 Å². The Bertz CT molecular complexity index is 1050. The van der Waals surface area contributed by atoms with E-state index in [9.17, 15) is 13.0 Å². The van der Waals surface area contributed by atoms with Crippen molar-refractivity contribution in [1.29, 1.82) is 0 Å². The van der Waals surface area contributed by atoms with Crippen LogP contribution in [0.1, 0.15) is 12.1 Å². The summed E-state index contributed by atoms with van der Waals surface area (Å²) in [5.41, 5.74) is 2.76. The summed E-state index contributed by atoms with van der Waals surface area (Å²) >= 11 is 0. The first kappa shape index (κ1) is 19.0. The molecule has 0 radical (unpaired) electrons. The number of fused-ring (bicyclic) bond motifs is 1. The van der Waals surface area contributed by atoms with Crippen molar-refractivity contribution in [3.05, 3.63) is 72.4 Å². The average molecular weight is 383 g/mol. The van der Waals surface area contributed by atoms with Crippen molar-refractivity contribution in [2.24, 2.45) is 5.10 Å². The second-order valence-electron chi connectivity index (χ2n) is 6.19. The first-order valence-electron chi connectivity index (χ1n) is 8.62. The van der Waals surface area contributed by atoms with E-state index in [0.717, 1.165) is 22.3 Å². The Balaban J connectivity index is 1.91. The first-order valence-corrected chi connectivity index (χ1v) is 10.2. The third kappa shape index (κ3) is 5.12. The largest absolute Gasteiger partial charge is 0.748 e. The zero-order chi connectivity index (χ0) is 19.3. The fourth-order valence-electron chi connectivity index (χ4n) is 2.90. The third-order valence-electron chi connectivity index (χ3n) is 4.24. The van der Waals surface area contributed by atoms with Crippen molar-refractivity contribution in [3.63, 3.8) is 0 Å². The van der Waals surface area contributed by atoms with Crippen molar-refractivity contribution in [2.75, 3.05) is 17.8 Å². The summed E-state index contributed by atoms with van der Waals surface area (Å²) in [5.74, 6) is -0.385. The second-order valence-corrected chi connectivity index (χ2v) is 7.71. The van der Waals surface area contributed by atoms with E-state index < -0.39 is 10.1 Å². The van der Waals surface area contributed by atoms with E-state index >= 15 is 0 Å². The minimum absolute atomic E-state index is 0.250. The van der Waals surface area contributed by atoms with Gasteiger partial charge in [0.2, 0.25) is 11.2 Å². The minimum Gasteiger partial charge on any atom is -0.748 e. The van der Waals surface area contributed by atoms with Gasteiger partial charge in [0.15, 0.2) is 6.54 Å². The van der Waals surface area contributed by atoms with Crippen LogP contribution in [0.2, 0.25) is 0 Å². The Kier molecular flexibility index (Phi) is 5.83. The highest BCUT2D eigenvalue weighted by atomic mass is 32.2. The van der Waals surface area contributed by atoms with E-state index in [1.54, 1.807) is 11.2 Å². The standard InChI is InChI=1S/C20H21N3O3S/c1-22(18-9-3-2-4-10-18)21-16-19-13-12-17-8-5-6-11-20(17)23(19)14-7-15-27(24,25)26/h2-6,8-13,16H,7,14-15H2,1H3. The lowest BCUT2D eigenvalue weighted by Crippen LogP contribution is -2.40. The SMILES string of the molecule is CN(/N=C/c1ccc2ccccc2[n+]1CCCS(=O)(=O)[O-])c1ccccc1. The average Bonchev–Trinajstić information content (AvgIpc) is 2.66. The molecule has 3 aromatic rings. The van der Waals surface area contributed by atoms with Crippen LogP contribution in [-0.4, -0.2) is 32.0 Å². The molecule has 140 valence electrons. The van der Waals surface area contributed by atoms with Crippen LogP contribution >= 0.6 is 0 Å². The zero-order valence-electron chi connectivity index (χ0n) is 15.0. The molecule has 0 spiro atoms. The van der Waals surface area contributed by atoms with Crippen molar-refractivity contribution >= 4 is 32.9 Å². The molecule has 0 atom stereocenters. The molecular weight excluding hydrogens is 362 g/mol. The molecule has 0 aliphatic rings. The number of aryl methyl sites for hydroxylation is 1. The predicted molar refractivity (Wildman–Crippen MR) is 106 cm³/mol. The number of hydrogen-bond acceptors (Lipinski definition) is 5. The lowest BCUT2D eigenvalue weighted by Gasteiger charge is -2.12. The normalized spacial score (nSPS) is 11.9. The maximum Gasteiger partial charge on any atom is 0.225 e. The number of hydrazone groups is 1. The van der Waals surface area contributed by atoms with Gasteiger partial charge in [0, 0.05) is 36.7 Å². The highest BCUT2D eigenvalue weighted by Crippen LogP contribution is 2.13. The van der Waals surface area contributed by atoms with E-state index in [-0.39, 0.29) is 12.2 Å². The van der Waals surface area contributed by atoms with Crippen molar-refractivity contribution in [2.45, 2.75) is 13.0 Å². The number of benzene rings is 2. The van der Waals surface area contributed by atoms with Gasteiger partial charge in [-0.3, -0.25) is 5.01 Å². The fourth-order valence-corrected chi connectivity index (χ4v) is 3.38. The molecule has 27 heavy (non-hydrogen) atoms. The summed E-state index contributed by atoms with van der Waals surface area (Å²) in [6, 6.07) is 21.6. The first-order chi connectivity index (χ1) is 12.9. The van der Waals surface area contributed by atoms with Crippen molar-refractivity contribution < 1.29 is 17.5 Å². The maximum absolute atomic E-state index is 10.9. The van der Waals surface area contributed by atoms with Crippen LogP contribution in [-0.2, 0) is 16.7 Å². The number of pyridine rings is 1. The molecule has 3 rings (SSSR count). The summed E-state index contributed by atoms with van der Waals surface area (Å²) in [6.45, 7) is 0.416. The molecule has 0 fully saturated rings. The van der Waals surface area contributed by atoms with Gasteiger partial charge >= 0.3 is 0 Å². The van der Waals surface area contributed by atoms with Crippen LogP contribution in [0.5, 0.6) is 0 Å². The van der Waals surface area contributed by atoms with Crippen LogP contribution in [0.25, 0.3) is 10.9 Å². The Hall–Kier alpha value is -2.77. The fraction of sp³-hybridized carbons (Fsp3) is 0.200. The predicted octanol–water partition coefficient (Wildman–Crippen LogP) is 2.53. The molecule has 7 heteroatoms. The molecule has 0 amide bonds. The number of hydrogen-bond donors (Lipinski definition) is 0. The molecule has 0 unspecified atom stereocenters. The molecule has 6 nitrogen and oxygen atoms in total. The molecule has 0 aliphatic heterocycles. The Morgan fingerprint density at radius 1 is 1.04 bits per heavy atom. The second kappa shape index (κ2) is 8.28. The van der Waals surface area contributed by atoms with E-state index in [0.29, 0.717) is 6.54 Å². The van der Waals surface area contributed by atoms with E-state index in [1.807, 2.05) is 78.3 Å². The summed E-state index contributed by atoms with van der Waals surface area (Å²) in [4.78, 5) is 0. The van der Waals surface area contributed by atoms with Gasteiger partial charge in [-0.25, -0.2) is 8.42 Å². The van der Waals surface area contributed by atoms with E-state index in [1.165, 1.54) is 0 Å². The van der Waals surface area contributed by atoms with Crippen molar-refractivity contribution in [3.8, 4) is 0 Å². The van der Waals surface area contributed by atoms with Crippen LogP contribution < -0.4 is 9.58 Å². The molecule has 0 N–H and O–H groups in total. The quantitative estimate of drug-likeness (QED) is 0.272. The highest BCUT2D eigenvalue weighted by molar-refractivity contribution is 7.85. The summed E-state index contributed by atoms with van der Waals surface area (Å²) < 4.78 is 34.8. The molecule has 0 saturated heterocycles. The Labute approximate surface area is 159 Å². The van der Waals surface area contributed by atoms with Crippen LogP contribution in [0.3, 0.4) is 0 Å².